The maximum atomic E-state index is 13.8. The fourth-order valence-electron chi connectivity index (χ4n) is 2.80. The molecule has 0 aliphatic carbocycles. The molecule has 0 radical (unpaired) electrons. The largest absolute Gasteiger partial charge is 0.494 e. The molecule has 0 amide bonds. The Morgan fingerprint density at radius 2 is 2.15 bits per heavy atom. The van der Waals surface area contributed by atoms with Gasteiger partial charge in [-0.2, -0.15) is 0 Å². The van der Waals surface area contributed by atoms with Gasteiger partial charge >= 0.3 is 0 Å². The zero-order valence-corrected chi connectivity index (χ0v) is 12.5. The summed E-state index contributed by atoms with van der Waals surface area (Å²) < 4.78 is 43.1. The minimum Gasteiger partial charge on any atom is -0.494 e. The zero-order chi connectivity index (χ0) is 14.8. The molecule has 112 valence electrons. The van der Waals surface area contributed by atoms with Crippen LogP contribution < -0.4 is 10.1 Å². The molecule has 2 atom stereocenters. The van der Waals surface area contributed by atoms with Crippen LogP contribution in [0.2, 0.25) is 0 Å². The molecule has 1 aliphatic rings. The highest BCUT2D eigenvalue weighted by Crippen LogP contribution is 2.32. The van der Waals surface area contributed by atoms with Crippen molar-refractivity contribution < 1.29 is 17.5 Å². The molecule has 1 fully saturated rings. The van der Waals surface area contributed by atoms with Crippen LogP contribution in [0.4, 0.5) is 4.39 Å². The van der Waals surface area contributed by atoms with Crippen LogP contribution in [0, 0.1) is 5.82 Å². The second kappa shape index (κ2) is 6.10. The Balaban J connectivity index is 2.34. The molecule has 0 saturated carbocycles. The summed E-state index contributed by atoms with van der Waals surface area (Å²) in [5, 5.41) is 2.53. The van der Waals surface area contributed by atoms with Crippen molar-refractivity contribution in [1.29, 1.82) is 0 Å². The Morgan fingerprint density at radius 3 is 2.70 bits per heavy atom. The van der Waals surface area contributed by atoms with Crippen molar-refractivity contribution in [1.82, 2.24) is 5.32 Å². The second-order valence-electron chi connectivity index (χ2n) is 5.06. The van der Waals surface area contributed by atoms with E-state index in [0.29, 0.717) is 18.4 Å². The molecule has 2 rings (SSSR count). The topological polar surface area (TPSA) is 55.4 Å². The molecule has 20 heavy (non-hydrogen) atoms. The summed E-state index contributed by atoms with van der Waals surface area (Å²) in [7, 11) is -0.0204. The van der Waals surface area contributed by atoms with E-state index in [1.807, 2.05) is 0 Å². The predicted molar refractivity (Wildman–Crippen MR) is 76.2 cm³/mol. The lowest BCUT2D eigenvalue weighted by molar-refractivity contribution is 0.385. The first-order valence-corrected chi connectivity index (χ1v) is 8.43. The Morgan fingerprint density at radius 1 is 1.40 bits per heavy atom. The normalized spacial score (nSPS) is 23.2. The number of hydrogen-bond acceptors (Lipinski definition) is 4. The molecule has 1 N–H and O–H groups in total. The molecule has 4 nitrogen and oxygen atoms in total. The van der Waals surface area contributed by atoms with Gasteiger partial charge in [-0.05, 0) is 37.6 Å². The molecular formula is C14H20FNO3S. The van der Waals surface area contributed by atoms with Gasteiger partial charge in [0.2, 0.25) is 0 Å². The van der Waals surface area contributed by atoms with Crippen molar-refractivity contribution in [3.63, 3.8) is 0 Å². The smallest absolute Gasteiger partial charge is 0.165 e. The molecular weight excluding hydrogens is 281 g/mol. The van der Waals surface area contributed by atoms with Gasteiger partial charge in [-0.15, -0.1) is 0 Å². The zero-order valence-electron chi connectivity index (χ0n) is 11.7. The van der Waals surface area contributed by atoms with E-state index in [0.717, 1.165) is 6.42 Å². The summed E-state index contributed by atoms with van der Waals surface area (Å²) in [6.07, 6.45) is 2.22. The van der Waals surface area contributed by atoms with Crippen molar-refractivity contribution in [2.24, 2.45) is 0 Å². The third-order valence-electron chi connectivity index (χ3n) is 3.85. The van der Waals surface area contributed by atoms with Crippen molar-refractivity contribution in [2.45, 2.75) is 30.6 Å². The van der Waals surface area contributed by atoms with Gasteiger partial charge in [0.05, 0.1) is 18.1 Å². The number of sulfone groups is 1. The lowest BCUT2D eigenvalue weighted by Gasteiger charge is -2.30. The Hall–Kier alpha value is -1.14. The first-order valence-electron chi connectivity index (χ1n) is 6.72. The average molecular weight is 301 g/mol. The Kier molecular flexibility index (Phi) is 4.65. The first-order chi connectivity index (χ1) is 9.49. The fraction of sp³-hybridized carbons (Fsp3) is 0.571. The third kappa shape index (κ3) is 2.96. The number of halogens is 1. The molecule has 6 heteroatoms. The fourth-order valence-corrected chi connectivity index (χ4v) is 4.94. The van der Waals surface area contributed by atoms with Gasteiger partial charge in [0.1, 0.15) is 0 Å². The molecule has 2 unspecified atom stereocenters. The standard InChI is InChI=1S/C14H20FNO3S/c1-16-14(13-5-3-4-8-20(13,17)18)10-6-7-12(19-2)11(15)9-10/h6-7,9,13-14,16H,3-5,8H2,1-2H3. The number of nitrogens with one attached hydrogen (secondary N) is 1. The first kappa shape index (κ1) is 15.3. The van der Waals surface area contributed by atoms with Gasteiger partial charge in [-0.3, -0.25) is 0 Å². The van der Waals surface area contributed by atoms with Crippen molar-refractivity contribution in [3.05, 3.63) is 29.6 Å². The maximum absolute atomic E-state index is 13.8. The van der Waals surface area contributed by atoms with E-state index in [1.54, 1.807) is 13.1 Å². The van der Waals surface area contributed by atoms with Crippen LogP contribution in [0.3, 0.4) is 0 Å². The van der Waals surface area contributed by atoms with Gasteiger partial charge in [0.15, 0.2) is 21.4 Å². The van der Waals surface area contributed by atoms with E-state index in [1.165, 1.54) is 19.2 Å². The van der Waals surface area contributed by atoms with E-state index in [2.05, 4.69) is 5.32 Å². The van der Waals surface area contributed by atoms with Crippen LogP contribution in [-0.2, 0) is 9.84 Å². The predicted octanol–water partition coefficient (Wildman–Crippen LogP) is 2.06. The summed E-state index contributed by atoms with van der Waals surface area (Å²) in [5.41, 5.74) is 0.640. The monoisotopic (exact) mass is 301 g/mol. The quantitative estimate of drug-likeness (QED) is 0.925. The number of ether oxygens (including phenoxy) is 1. The lowest BCUT2D eigenvalue weighted by atomic mass is 9.99. The van der Waals surface area contributed by atoms with E-state index in [4.69, 9.17) is 4.74 Å². The van der Waals surface area contributed by atoms with Gasteiger partial charge in [0.25, 0.3) is 0 Å². The molecule has 0 aromatic heterocycles. The van der Waals surface area contributed by atoms with Gasteiger partial charge in [0, 0.05) is 6.04 Å². The minimum atomic E-state index is -3.13. The molecule has 0 bridgehead atoms. The lowest BCUT2D eigenvalue weighted by Crippen LogP contribution is -2.39. The highest BCUT2D eigenvalue weighted by Gasteiger charge is 2.35. The number of hydrogen-bond donors (Lipinski definition) is 1. The van der Waals surface area contributed by atoms with Crippen LogP contribution in [0.25, 0.3) is 0 Å². The van der Waals surface area contributed by atoms with Crippen LogP contribution in [0.15, 0.2) is 18.2 Å². The second-order valence-corrected chi connectivity index (χ2v) is 7.40. The third-order valence-corrected chi connectivity index (χ3v) is 6.13. The maximum Gasteiger partial charge on any atom is 0.165 e. The highest BCUT2D eigenvalue weighted by molar-refractivity contribution is 7.92. The Labute approximate surface area is 119 Å². The van der Waals surface area contributed by atoms with E-state index < -0.39 is 20.9 Å². The molecule has 1 aromatic carbocycles. The summed E-state index contributed by atoms with van der Waals surface area (Å²) >= 11 is 0. The molecule has 1 aliphatic heterocycles. The molecule has 1 aromatic rings. The van der Waals surface area contributed by atoms with E-state index in [9.17, 15) is 12.8 Å². The molecule has 1 saturated heterocycles. The summed E-state index contributed by atoms with van der Waals surface area (Å²) in [6.45, 7) is 0. The van der Waals surface area contributed by atoms with Crippen LogP contribution in [0.5, 0.6) is 5.75 Å². The van der Waals surface area contributed by atoms with Crippen LogP contribution >= 0.6 is 0 Å². The van der Waals surface area contributed by atoms with Crippen molar-refractivity contribution in [2.75, 3.05) is 19.9 Å². The minimum absolute atomic E-state index is 0.162. The van der Waals surface area contributed by atoms with E-state index >= 15 is 0 Å². The van der Waals surface area contributed by atoms with E-state index in [-0.39, 0.29) is 17.5 Å². The highest BCUT2D eigenvalue weighted by atomic mass is 32.2. The Bertz CT molecular complexity index is 574. The molecule has 0 spiro atoms. The van der Waals surface area contributed by atoms with Crippen molar-refractivity contribution in [3.8, 4) is 5.75 Å². The van der Waals surface area contributed by atoms with Crippen molar-refractivity contribution >= 4 is 9.84 Å². The van der Waals surface area contributed by atoms with Gasteiger partial charge < -0.3 is 10.1 Å². The summed E-state index contributed by atoms with van der Waals surface area (Å²) in [6, 6.07) is 4.21. The van der Waals surface area contributed by atoms with Crippen LogP contribution in [0.1, 0.15) is 30.9 Å². The number of methoxy groups -OCH3 is 1. The summed E-state index contributed by atoms with van der Waals surface area (Å²) in [4.78, 5) is 0. The SMILES string of the molecule is CNC(c1ccc(OC)c(F)c1)C1CCCCS1(=O)=O. The van der Waals surface area contributed by atoms with Crippen LogP contribution in [-0.4, -0.2) is 33.6 Å². The average Bonchev–Trinajstić information content (AvgIpc) is 2.41. The van der Waals surface area contributed by atoms with Gasteiger partial charge in [-0.1, -0.05) is 12.5 Å². The summed E-state index contributed by atoms with van der Waals surface area (Å²) in [5.74, 6) is -0.0948. The molecule has 1 heterocycles. The number of benzene rings is 1. The number of rotatable bonds is 4. The van der Waals surface area contributed by atoms with Gasteiger partial charge in [-0.25, -0.2) is 12.8 Å².